The number of aliphatic hydroxyl groups is 1. The average molecular weight is 223 g/mol. The molecule has 4 nitrogen and oxygen atoms in total. The van der Waals surface area contributed by atoms with Gasteiger partial charge in [-0.2, -0.15) is 0 Å². The number of hydrogen-bond acceptors (Lipinski definition) is 4. The van der Waals surface area contributed by atoms with E-state index < -0.39 is 0 Å². The van der Waals surface area contributed by atoms with Gasteiger partial charge in [-0.15, -0.1) is 0 Å². The van der Waals surface area contributed by atoms with E-state index in [0.717, 1.165) is 25.3 Å². The molecule has 1 unspecified atom stereocenters. The van der Waals surface area contributed by atoms with Gasteiger partial charge in [0.25, 0.3) is 0 Å². The second-order valence-electron chi connectivity index (χ2n) is 4.11. The number of hydrogen-bond donors (Lipinski definition) is 2. The molecule has 1 heterocycles. The van der Waals surface area contributed by atoms with E-state index in [1.165, 1.54) is 5.56 Å². The molecule has 1 aromatic rings. The standard InChI is InChI=1S/C12H21N3O/c1-10(16)6-7-15(3)12-5-4-11(8-13-2)9-14-12/h4-5,9-10,13,16H,6-8H2,1-3H3. The molecule has 0 bridgehead atoms. The molecule has 90 valence electrons. The number of anilines is 1. The van der Waals surface area contributed by atoms with Gasteiger partial charge in [-0.25, -0.2) is 4.98 Å². The van der Waals surface area contributed by atoms with Crippen LogP contribution in [0.3, 0.4) is 0 Å². The van der Waals surface area contributed by atoms with Crippen LogP contribution in [0.5, 0.6) is 0 Å². The molecule has 0 spiro atoms. The van der Waals surface area contributed by atoms with Crippen molar-refractivity contribution in [2.45, 2.75) is 26.0 Å². The molecule has 1 aromatic heterocycles. The van der Waals surface area contributed by atoms with Crippen LogP contribution in [0.4, 0.5) is 5.82 Å². The van der Waals surface area contributed by atoms with E-state index in [1.54, 1.807) is 6.92 Å². The Bertz CT molecular complexity index is 298. The lowest BCUT2D eigenvalue weighted by atomic mass is 10.2. The summed E-state index contributed by atoms with van der Waals surface area (Å²) < 4.78 is 0. The molecular weight excluding hydrogens is 202 g/mol. The summed E-state index contributed by atoms with van der Waals surface area (Å²) in [5.41, 5.74) is 1.18. The zero-order chi connectivity index (χ0) is 12.0. The summed E-state index contributed by atoms with van der Waals surface area (Å²) in [5.74, 6) is 0.945. The molecule has 0 saturated carbocycles. The van der Waals surface area contributed by atoms with Gasteiger partial charge in [0, 0.05) is 26.3 Å². The van der Waals surface area contributed by atoms with Crippen molar-refractivity contribution in [2.75, 3.05) is 25.5 Å². The van der Waals surface area contributed by atoms with Crippen LogP contribution in [0.15, 0.2) is 18.3 Å². The van der Waals surface area contributed by atoms with Crippen molar-refractivity contribution in [3.8, 4) is 0 Å². The highest BCUT2D eigenvalue weighted by molar-refractivity contribution is 5.38. The van der Waals surface area contributed by atoms with Gasteiger partial charge in [0.05, 0.1) is 6.10 Å². The Labute approximate surface area is 97.3 Å². The van der Waals surface area contributed by atoms with Crippen LogP contribution in [0.2, 0.25) is 0 Å². The van der Waals surface area contributed by atoms with Crippen molar-refractivity contribution < 1.29 is 5.11 Å². The third-order valence-corrected chi connectivity index (χ3v) is 2.46. The lowest BCUT2D eigenvalue weighted by molar-refractivity contribution is 0.187. The van der Waals surface area contributed by atoms with Crippen LogP contribution >= 0.6 is 0 Å². The Hall–Kier alpha value is -1.13. The van der Waals surface area contributed by atoms with E-state index in [1.807, 2.05) is 26.4 Å². The topological polar surface area (TPSA) is 48.4 Å². The maximum atomic E-state index is 9.21. The fraction of sp³-hybridized carbons (Fsp3) is 0.583. The van der Waals surface area contributed by atoms with Crippen molar-refractivity contribution in [3.63, 3.8) is 0 Å². The Morgan fingerprint density at radius 1 is 1.50 bits per heavy atom. The predicted octanol–water partition coefficient (Wildman–Crippen LogP) is 1.01. The molecule has 16 heavy (non-hydrogen) atoms. The molecule has 0 amide bonds. The van der Waals surface area contributed by atoms with Gasteiger partial charge in [0.2, 0.25) is 0 Å². The van der Waals surface area contributed by atoms with Crippen LogP contribution in [0.1, 0.15) is 18.9 Å². The first kappa shape index (κ1) is 12.9. The molecule has 0 aliphatic carbocycles. The minimum absolute atomic E-state index is 0.258. The number of aliphatic hydroxyl groups excluding tert-OH is 1. The van der Waals surface area contributed by atoms with Crippen molar-refractivity contribution in [1.29, 1.82) is 0 Å². The van der Waals surface area contributed by atoms with Crippen LogP contribution in [-0.2, 0) is 6.54 Å². The second kappa shape index (κ2) is 6.45. The van der Waals surface area contributed by atoms with Crippen molar-refractivity contribution >= 4 is 5.82 Å². The van der Waals surface area contributed by atoms with Crippen molar-refractivity contribution in [2.24, 2.45) is 0 Å². The molecule has 0 aliphatic heterocycles. The van der Waals surface area contributed by atoms with Gasteiger partial charge in [-0.05, 0) is 32.0 Å². The monoisotopic (exact) mass is 223 g/mol. The quantitative estimate of drug-likeness (QED) is 0.755. The molecule has 0 radical (unpaired) electrons. The van der Waals surface area contributed by atoms with Gasteiger partial charge in [-0.3, -0.25) is 0 Å². The minimum atomic E-state index is -0.258. The third-order valence-electron chi connectivity index (χ3n) is 2.46. The molecule has 4 heteroatoms. The molecule has 0 aromatic carbocycles. The van der Waals surface area contributed by atoms with E-state index in [2.05, 4.69) is 21.3 Å². The largest absolute Gasteiger partial charge is 0.393 e. The lowest BCUT2D eigenvalue weighted by Gasteiger charge is -2.19. The zero-order valence-electron chi connectivity index (χ0n) is 10.3. The Morgan fingerprint density at radius 2 is 2.25 bits per heavy atom. The van der Waals surface area contributed by atoms with Crippen LogP contribution < -0.4 is 10.2 Å². The van der Waals surface area contributed by atoms with Gasteiger partial charge in [0.1, 0.15) is 5.82 Å². The first-order chi connectivity index (χ1) is 7.63. The summed E-state index contributed by atoms with van der Waals surface area (Å²) in [6.45, 7) is 3.46. The van der Waals surface area contributed by atoms with E-state index in [0.29, 0.717) is 0 Å². The van der Waals surface area contributed by atoms with E-state index in [-0.39, 0.29) is 6.10 Å². The first-order valence-corrected chi connectivity index (χ1v) is 5.62. The summed E-state index contributed by atoms with van der Waals surface area (Å²) in [7, 11) is 3.91. The molecule has 0 fully saturated rings. The number of aromatic nitrogens is 1. The SMILES string of the molecule is CNCc1ccc(N(C)CCC(C)O)nc1. The van der Waals surface area contributed by atoms with E-state index >= 15 is 0 Å². The fourth-order valence-corrected chi connectivity index (χ4v) is 1.45. The Balaban J connectivity index is 2.52. The summed E-state index contributed by atoms with van der Waals surface area (Å²) in [6, 6.07) is 4.08. The van der Waals surface area contributed by atoms with Gasteiger partial charge >= 0.3 is 0 Å². The molecule has 0 aliphatic rings. The van der Waals surface area contributed by atoms with Crippen molar-refractivity contribution in [3.05, 3.63) is 23.9 Å². The molecule has 2 N–H and O–H groups in total. The highest BCUT2D eigenvalue weighted by Crippen LogP contribution is 2.10. The van der Waals surface area contributed by atoms with Gasteiger partial charge in [-0.1, -0.05) is 6.07 Å². The number of nitrogens with one attached hydrogen (secondary N) is 1. The summed E-state index contributed by atoms with van der Waals surface area (Å²) in [6.07, 6.45) is 2.38. The number of nitrogens with zero attached hydrogens (tertiary/aromatic N) is 2. The maximum Gasteiger partial charge on any atom is 0.128 e. The maximum absolute atomic E-state index is 9.21. The fourth-order valence-electron chi connectivity index (χ4n) is 1.45. The number of pyridine rings is 1. The molecule has 0 saturated heterocycles. The van der Waals surface area contributed by atoms with Crippen LogP contribution in [0, 0.1) is 0 Å². The normalized spacial score (nSPS) is 12.5. The van der Waals surface area contributed by atoms with Crippen LogP contribution in [-0.4, -0.2) is 36.8 Å². The predicted molar refractivity (Wildman–Crippen MR) is 66.6 cm³/mol. The molecular formula is C12H21N3O. The van der Waals surface area contributed by atoms with E-state index in [9.17, 15) is 5.11 Å². The summed E-state index contributed by atoms with van der Waals surface area (Å²) >= 11 is 0. The first-order valence-electron chi connectivity index (χ1n) is 5.62. The van der Waals surface area contributed by atoms with E-state index in [4.69, 9.17) is 0 Å². The Kier molecular flexibility index (Phi) is 5.22. The second-order valence-corrected chi connectivity index (χ2v) is 4.11. The lowest BCUT2D eigenvalue weighted by Crippen LogP contribution is -2.22. The summed E-state index contributed by atoms with van der Waals surface area (Å²) in [5, 5.41) is 12.3. The van der Waals surface area contributed by atoms with Gasteiger partial charge < -0.3 is 15.3 Å². The zero-order valence-corrected chi connectivity index (χ0v) is 10.3. The minimum Gasteiger partial charge on any atom is -0.393 e. The Morgan fingerprint density at radius 3 is 2.75 bits per heavy atom. The van der Waals surface area contributed by atoms with Crippen LogP contribution in [0.25, 0.3) is 0 Å². The third kappa shape index (κ3) is 4.16. The average Bonchev–Trinajstić information content (AvgIpc) is 2.27. The molecule has 1 atom stereocenters. The smallest absolute Gasteiger partial charge is 0.128 e. The number of rotatable bonds is 6. The highest BCUT2D eigenvalue weighted by Gasteiger charge is 2.04. The van der Waals surface area contributed by atoms with Crippen molar-refractivity contribution in [1.82, 2.24) is 10.3 Å². The summed E-state index contributed by atoms with van der Waals surface area (Å²) in [4.78, 5) is 6.43. The highest BCUT2D eigenvalue weighted by atomic mass is 16.3. The molecule has 1 rings (SSSR count). The van der Waals surface area contributed by atoms with Gasteiger partial charge in [0.15, 0.2) is 0 Å².